The zero-order valence-corrected chi connectivity index (χ0v) is 16.4. The number of amides is 1. The quantitative estimate of drug-likeness (QED) is 0.595. The fraction of sp³-hybridized carbons (Fsp3) is 0.200. The van der Waals surface area contributed by atoms with E-state index >= 15 is 0 Å². The summed E-state index contributed by atoms with van der Waals surface area (Å²) in [5.74, 6) is 0.889. The lowest BCUT2D eigenvalue weighted by atomic mass is 10.2. The molecule has 0 aliphatic carbocycles. The number of hydrogen-bond acceptors (Lipinski definition) is 4. The molecule has 0 atom stereocenters. The topological polar surface area (TPSA) is 42.4 Å². The van der Waals surface area contributed by atoms with Crippen molar-refractivity contribution in [3.05, 3.63) is 74.6 Å². The summed E-state index contributed by atoms with van der Waals surface area (Å²) in [6.07, 6.45) is 1.24. The first-order valence-corrected chi connectivity index (χ1v) is 10.1. The Morgan fingerprint density at radius 2 is 2.12 bits per heavy atom. The van der Waals surface area contributed by atoms with Crippen molar-refractivity contribution < 1.29 is 9.53 Å². The third-order valence-electron chi connectivity index (χ3n) is 4.28. The summed E-state index contributed by atoms with van der Waals surface area (Å²) >= 11 is 4.95. The Bertz CT molecular complexity index is 941. The molecule has 1 aromatic heterocycles. The Labute approximate surface area is 164 Å². The first-order valence-electron chi connectivity index (χ1n) is 8.39. The second kappa shape index (κ2) is 7.60. The van der Waals surface area contributed by atoms with Crippen LogP contribution in [0, 0.1) is 0 Å². The van der Waals surface area contributed by atoms with Gasteiger partial charge in [0.05, 0.1) is 12.1 Å². The van der Waals surface area contributed by atoms with E-state index in [1.807, 2.05) is 52.7 Å². The van der Waals surface area contributed by atoms with Crippen LogP contribution in [0.4, 0.5) is 5.69 Å². The van der Waals surface area contributed by atoms with Crippen LogP contribution in [0.1, 0.15) is 16.3 Å². The summed E-state index contributed by atoms with van der Waals surface area (Å²) in [6, 6.07) is 15.8. The molecule has 4 nitrogen and oxygen atoms in total. The minimum Gasteiger partial charge on any atom is -0.486 e. The normalized spacial score (nSPS) is 12.9. The van der Waals surface area contributed by atoms with Crippen LogP contribution in [0.5, 0.6) is 5.75 Å². The third kappa shape index (κ3) is 3.81. The molecule has 0 bridgehead atoms. The molecule has 0 unspecified atom stereocenters. The number of anilines is 1. The van der Waals surface area contributed by atoms with Crippen LogP contribution in [0.25, 0.3) is 0 Å². The summed E-state index contributed by atoms with van der Waals surface area (Å²) < 4.78 is 6.74. The zero-order valence-electron chi connectivity index (χ0n) is 14.0. The first-order chi connectivity index (χ1) is 12.7. The molecule has 2 heterocycles. The Hall–Kier alpha value is -2.18. The maximum Gasteiger partial charge on any atom is 0.233 e. The summed E-state index contributed by atoms with van der Waals surface area (Å²) in [5, 5.41) is 2.81. The van der Waals surface area contributed by atoms with Gasteiger partial charge in [-0.2, -0.15) is 0 Å². The largest absolute Gasteiger partial charge is 0.486 e. The lowest BCUT2D eigenvalue weighted by Crippen LogP contribution is -2.30. The van der Waals surface area contributed by atoms with Crippen molar-refractivity contribution in [1.82, 2.24) is 4.98 Å². The lowest BCUT2D eigenvalue weighted by Gasteiger charge is -2.16. The monoisotopic (exact) mass is 428 g/mol. The van der Waals surface area contributed by atoms with Crippen molar-refractivity contribution in [3.8, 4) is 5.75 Å². The SMILES string of the molecule is O=C(Cc1csc(COc2cccc(Br)c2)n1)N1CCc2ccccc21. The Morgan fingerprint density at radius 3 is 3.00 bits per heavy atom. The maximum atomic E-state index is 12.7. The van der Waals surface area contributed by atoms with Crippen LogP contribution in [-0.4, -0.2) is 17.4 Å². The molecule has 4 rings (SSSR count). The highest BCUT2D eigenvalue weighted by atomic mass is 79.9. The standard InChI is InChI=1S/C20H17BrN2O2S/c21-15-5-3-6-17(10-15)25-12-19-22-16(13-26-19)11-20(24)23-9-8-14-4-1-2-7-18(14)23/h1-7,10,13H,8-9,11-12H2. The van der Waals surface area contributed by atoms with Crippen molar-refractivity contribution in [2.45, 2.75) is 19.4 Å². The molecule has 0 spiro atoms. The van der Waals surface area contributed by atoms with Gasteiger partial charge in [0.25, 0.3) is 0 Å². The first kappa shape index (κ1) is 17.2. The second-order valence-corrected chi connectivity index (χ2v) is 7.94. The zero-order chi connectivity index (χ0) is 17.9. The summed E-state index contributed by atoms with van der Waals surface area (Å²) in [6.45, 7) is 1.16. The number of carbonyl (C=O) groups is 1. The number of nitrogens with zero attached hydrogens (tertiary/aromatic N) is 2. The molecule has 132 valence electrons. The number of hydrogen-bond donors (Lipinski definition) is 0. The highest BCUT2D eigenvalue weighted by molar-refractivity contribution is 9.10. The molecule has 0 radical (unpaired) electrons. The third-order valence-corrected chi connectivity index (χ3v) is 5.64. The highest BCUT2D eigenvalue weighted by Gasteiger charge is 2.24. The van der Waals surface area contributed by atoms with E-state index < -0.39 is 0 Å². The fourth-order valence-corrected chi connectivity index (χ4v) is 4.13. The lowest BCUT2D eigenvalue weighted by molar-refractivity contribution is -0.117. The van der Waals surface area contributed by atoms with Crippen molar-refractivity contribution in [1.29, 1.82) is 0 Å². The molecular formula is C20H17BrN2O2S. The molecule has 0 N–H and O–H groups in total. The molecule has 1 aliphatic heterocycles. The van der Waals surface area contributed by atoms with E-state index in [2.05, 4.69) is 27.0 Å². The summed E-state index contributed by atoms with van der Waals surface area (Å²) in [4.78, 5) is 19.1. The van der Waals surface area contributed by atoms with E-state index in [1.54, 1.807) is 0 Å². The van der Waals surface area contributed by atoms with Crippen LogP contribution in [0.2, 0.25) is 0 Å². The minimum atomic E-state index is 0.0970. The molecule has 2 aromatic carbocycles. The number of fused-ring (bicyclic) bond motifs is 1. The predicted molar refractivity (Wildman–Crippen MR) is 107 cm³/mol. The Kier molecular flexibility index (Phi) is 5.04. The average molecular weight is 429 g/mol. The van der Waals surface area contributed by atoms with Gasteiger partial charge in [-0.25, -0.2) is 4.98 Å². The molecule has 0 fully saturated rings. The van der Waals surface area contributed by atoms with Gasteiger partial charge in [0.15, 0.2) is 0 Å². The van der Waals surface area contributed by atoms with Gasteiger partial charge in [-0.1, -0.05) is 40.2 Å². The molecule has 1 aliphatic rings. The van der Waals surface area contributed by atoms with Crippen LogP contribution in [0.3, 0.4) is 0 Å². The molecule has 3 aromatic rings. The smallest absolute Gasteiger partial charge is 0.233 e. The van der Waals surface area contributed by atoms with Crippen LogP contribution >= 0.6 is 27.3 Å². The number of carbonyl (C=O) groups excluding carboxylic acids is 1. The molecule has 0 saturated heterocycles. The molecule has 0 saturated carbocycles. The number of rotatable bonds is 5. The molecule has 26 heavy (non-hydrogen) atoms. The molecular weight excluding hydrogens is 412 g/mol. The number of benzene rings is 2. The summed E-state index contributed by atoms with van der Waals surface area (Å²) in [5.41, 5.74) is 3.07. The van der Waals surface area contributed by atoms with E-state index in [0.29, 0.717) is 13.0 Å². The average Bonchev–Trinajstić information content (AvgIpc) is 3.26. The number of thiazole rings is 1. The highest BCUT2D eigenvalue weighted by Crippen LogP contribution is 2.28. The van der Waals surface area contributed by atoms with Gasteiger partial charge < -0.3 is 9.64 Å². The predicted octanol–water partition coefficient (Wildman–Crippen LogP) is 4.62. The van der Waals surface area contributed by atoms with Gasteiger partial charge in [-0.15, -0.1) is 11.3 Å². The maximum absolute atomic E-state index is 12.7. The number of para-hydroxylation sites is 1. The van der Waals surface area contributed by atoms with Gasteiger partial charge >= 0.3 is 0 Å². The fourth-order valence-electron chi connectivity index (χ4n) is 3.05. The Balaban J connectivity index is 1.37. The van der Waals surface area contributed by atoms with Gasteiger partial charge in [-0.3, -0.25) is 4.79 Å². The van der Waals surface area contributed by atoms with E-state index in [9.17, 15) is 4.79 Å². The van der Waals surface area contributed by atoms with Crippen LogP contribution < -0.4 is 9.64 Å². The van der Waals surface area contributed by atoms with Gasteiger partial charge in [0, 0.05) is 22.1 Å². The van der Waals surface area contributed by atoms with Crippen LogP contribution in [-0.2, 0) is 24.2 Å². The van der Waals surface area contributed by atoms with Crippen molar-refractivity contribution in [2.24, 2.45) is 0 Å². The number of ether oxygens (including phenoxy) is 1. The van der Waals surface area contributed by atoms with Crippen LogP contribution in [0.15, 0.2) is 58.4 Å². The van der Waals surface area contributed by atoms with Gasteiger partial charge in [-0.05, 0) is 36.2 Å². The van der Waals surface area contributed by atoms with Gasteiger partial charge in [0.2, 0.25) is 5.91 Å². The minimum absolute atomic E-state index is 0.0970. The molecule has 6 heteroatoms. The summed E-state index contributed by atoms with van der Waals surface area (Å²) in [7, 11) is 0. The van der Waals surface area contributed by atoms with Gasteiger partial charge in [0.1, 0.15) is 17.4 Å². The number of halogens is 1. The van der Waals surface area contributed by atoms with Crippen molar-refractivity contribution in [2.75, 3.05) is 11.4 Å². The van der Waals surface area contributed by atoms with Crippen molar-refractivity contribution >= 4 is 38.9 Å². The second-order valence-electron chi connectivity index (χ2n) is 6.08. The molecule has 1 amide bonds. The van der Waals surface area contributed by atoms with E-state index in [0.717, 1.165) is 39.6 Å². The number of aromatic nitrogens is 1. The Morgan fingerprint density at radius 1 is 1.23 bits per heavy atom. The van der Waals surface area contributed by atoms with E-state index in [1.165, 1.54) is 16.9 Å². The van der Waals surface area contributed by atoms with E-state index in [-0.39, 0.29) is 5.91 Å². The van der Waals surface area contributed by atoms with E-state index in [4.69, 9.17) is 4.74 Å². The van der Waals surface area contributed by atoms with Crippen molar-refractivity contribution in [3.63, 3.8) is 0 Å².